The molecule has 0 aromatic heterocycles. The average Bonchev–Trinajstić information content (AvgIpc) is 2.45. The van der Waals surface area contributed by atoms with Crippen LogP contribution in [0.1, 0.15) is 26.2 Å². The van der Waals surface area contributed by atoms with E-state index in [1.54, 1.807) is 6.92 Å². The van der Waals surface area contributed by atoms with Crippen molar-refractivity contribution in [2.45, 2.75) is 32.2 Å². The van der Waals surface area contributed by atoms with Gasteiger partial charge in [-0.2, -0.15) is 0 Å². The van der Waals surface area contributed by atoms with E-state index < -0.39 is 18.7 Å². The molecule has 2 atom stereocenters. The topological polar surface area (TPSA) is 50.4 Å². The highest BCUT2D eigenvalue weighted by Crippen LogP contribution is 2.20. The molecule has 0 saturated heterocycles. The van der Waals surface area contributed by atoms with Crippen LogP contribution in [-0.4, -0.2) is 30.4 Å². The van der Waals surface area contributed by atoms with Crippen LogP contribution >= 0.6 is 12.2 Å². The van der Waals surface area contributed by atoms with Crippen LogP contribution in [0.15, 0.2) is 23.4 Å². The lowest BCUT2D eigenvalue weighted by Crippen LogP contribution is -2.50. The molecule has 1 heterocycles. The number of esters is 1. The lowest BCUT2D eigenvalue weighted by Gasteiger charge is -2.28. The first-order chi connectivity index (χ1) is 9.61. The number of halogens is 1. The van der Waals surface area contributed by atoms with Gasteiger partial charge in [-0.1, -0.05) is 12.2 Å². The van der Waals surface area contributed by atoms with Crippen molar-refractivity contribution in [1.82, 2.24) is 10.6 Å². The molecule has 0 aromatic rings. The molecule has 20 heavy (non-hydrogen) atoms. The summed E-state index contributed by atoms with van der Waals surface area (Å²) in [6.45, 7) is 1.38. The summed E-state index contributed by atoms with van der Waals surface area (Å²) in [7, 11) is 0. The van der Waals surface area contributed by atoms with Crippen LogP contribution in [0.25, 0.3) is 0 Å². The van der Waals surface area contributed by atoms with E-state index in [9.17, 15) is 9.18 Å². The van der Waals surface area contributed by atoms with Gasteiger partial charge in [-0.25, -0.2) is 9.18 Å². The highest BCUT2D eigenvalue weighted by Gasteiger charge is 2.30. The van der Waals surface area contributed by atoms with Crippen LogP contribution in [0.4, 0.5) is 4.39 Å². The molecule has 0 spiro atoms. The van der Waals surface area contributed by atoms with Gasteiger partial charge >= 0.3 is 5.97 Å². The quantitative estimate of drug-likeness (QED) is 0.472. The Balaban J connectivity index is 1.97. The molecule has 0 amide bonds. The van der Waals surface area contributed by atoms with E-state index >= 15 is 0 Å². The van der Waals surface area contributed by atoms with Gasteiger partial charge in [0.15, 0.2) is 5.11 Å². The first-order valence-electron chi connectivity index (χ1n) is 6.78. The van der Waals surface area contributed by atoms with Gasteiger partial charge in [0.25, 0.3) is 0 Å². The largest absolute Gasteiger partial charge is 0.462 e. The third-order valence-corrected chi connectivity index (χ3v) is 3.78. The second kappa shape index (κ2) is 6.83. The number of hydrogen-bond donors (Lipinski definition) is 2. The highest BCUT2D eigenvalue weighted by atomic mass is 32.1. The Hall–Kier alpha value is -1.43. The van der Waals surface area contributed by atoms with Crippen LogP contribution in [-0.2, 0) is 9.53 Å². The number of carbonyl (C=O) groups is 1. The van der Waals surface area contributed by atoms with Gasteiger partial charge in [-0.15, -0.1) is 0 Å². The Labute approximate surface area is 123 Å². The molecule has 6 heteroatoms. The fraction of sp³-hybridized carbons (Fsp3) is 0.571. The molecule has 1 aliphatic heterocycles. The molecular weight excluding hydrogens is 279 g/mol. The predicted octanol–water partition coefficient (Wildman–Crippen LogP) is 1.98. The van der Waals surface area contributed by atoms with Crippen molar-refractivity contribution in [3.63, 3.8) is 0 Å². The van der Waals surface area contributed by atoms with E-state index in [-0.39, 0.29) is 0 Å². The molecule has 0 saturated carbocycles. The summed E-state index contributed by atoms with van der Waals surface area (Å²) < 4.78 is 18.4. The molecule has 2 unspecified atom stereocenters. The summed E-state index contributed by atoms with van der Waals surface area (Å²) in [5.41, 5.74) is 0.859. The summed E-state index contributed by atoms with van der Waals surface area (Å²) in [4.78, 5) is 12.1. The lowest BCUT2D eigenvalue weighted by atomic mass is 9.95. The minimum atomic E-state index is -0.720. The first-order valence-corrected chi connectivity index (χ1v) is 7.19. The smallest absolute Gasteiger partial charge is 0.337 e. The van der Waals surface area contributed by atoms with Gasteiger partial charge in [0.05, 0.1) is 18.2 Å². The summed E-state index contributed by atoms with van der Waals surface area (Å²) >= 11 is 4.95. The fourth-order valence-corrected chi connectivity index (χ4v) is 2.75. The minimum Gasteiger partial charge on any atom is -0.462 e. The third kappa shape index (κ3) is 3.56. The maximum absolute atomic E-state index is 13.0. The Bertz CT molecular complexity index is 462. The molecule has 0 aromatic carbocycles. The Morgan fingerprint density at radius 3 is 3.00 bits per heavy atom. The summed E-state index contributed by atoms with van der Waals surface area (Å²) in [6.07, 6.45) is 7.22. The van der Waals surface area contributed by atoms with E-state index in [4.69, 9.17) is 17.0 Å². The van der Waals surface area contributed by atoms with Crippen molar-refractivity contribution < 1.29 is 13.9 Å². The Morgan fingerprint density at radius 2 is 2.35 bits per heavy atom. The summed E-state index contributed by atoms with van der Waals surface area (Å²) in [5, 5.41) is 5.91. The van der Waals surface area contributed by atoms with E-state index in [0.717, 1.165) is 19.3 Å². The van der Waals surface area contributed by atoms with Gasteiger partial charge in [-0.3, -0.25) is 0 Å². The van der Waals surface area contributed by atoms with Gasteiger partial charge < -0.3 is 15.4 Å². The van der Waals surface area contributed by atoms with Gasteiger partial charge in [-0.05, 0) is 44.3 Å². The van der Waals surface area contributed by atoms with E-state index in [0.29, 0.717) is 28.9 Å². The molecule has 110 valence electrons. The first kappa shape index (κ1) is 15.0. The molecule has 0 bridgehead atoms. The summed E-state index contributed by atoms with van der Waals surface area (Å²) in [6, 6.07) is -0.720. The van der Waals surface area contributed by atoms with Crippen LogP contribution in [0.5, 0.6) is 0 Å². The molecule has 1 aliphatic carbocycles. The van der Waals surface area contributed by atoms with Crippen LogP contribution in [0.3, 0.4) is 0 Å². The van der Waals surface area contributed by atoms with E-state index in [1.165, 1.54) is 0 Å². The van der Waals surface area contributed by atoms with Gasteiger partial charge in [0.2, 0.25) is 0 Å². The monoisotopic (exact) mass is 298 g/mol. The predicted molar refractivity (Wildman–Crippen MR) is 78.8 cm³/mol. The maximum atomic E-state index is 13.0. The Morgan fingerprint density at radius 1 is 1.55 bits per heavy atom. The van der Waals surface area contributed by atoms with Crippen molar-refractivity contribution in [1.29, 1.82) is 0 Å². The number of allylic oxidation sites excluding steroid dienone is 3. The van der Waals surface area contributed by atoms with Crippen LogP contribution in [0, 0.1) is 5.92 Å². The van der Waals surface area contributed by atoms with Gasteiger partial charge in [0.1, 0.15) is 6.67 Å². The second-order valence-corrected chi connectivity index (χ2v) is 5.50. The normalized spacial score (nSPS) is 26.0. The van der Waals surface area contributed by atoms with Crippen molar-refractivity contribution in [3.05, 3.63) is 23.4 Å². The number of alkyl halides is 1. The molecule has 0 fully saturated rings. The van der Waals surface area contributed by atoms with E-state index in [2.05, 4.69) is 22.8 Å². The zero-order chi connectivity index (χ0) is 14.5. The number of ether oxygens (including phenoxy) is 1. The zero-order valence-electron chi connectivity index (χ0n) is 11.4. The molecule has 2 rings (SSSR count). The molecule has 0 radical (unpaired) electrons. The van der Waals surface area contributed by atoms with Crippen molar-refractivity contribution in [2.75, 3.05) is 13.3 Å². The number of rotatable bonds is 4. The van der Waals surface area contributed by atoms with Crippen LogP contribution < -0.4 is 10.6 Å². The van der Waals surface area contributed by atoms with Crippen molar-refractivity contribution >= 4 is 23.3 Å². The number of hydrogen-bond acceptors (Lipinski definition) is 3. The SMILES string of the molecule is CC1=C(C(=O)OCC2CC=CCC2)C(CF)NC(=S)N1. The number of carbonyl (C=O) groups excluding carboxylic acids is 1. The van der Waals surface area contributed by atoms with Crippen LogP contribution in [0.2, 0.25) is 0 Å². The minimum absolute atomic E-state index is 0.299. The van der Waals surface area contributed by atoms with Crippen molar-refractivity contribution in [3.8, 4) is 0 Å². The van der Waals surface area contributed by atoms with Crippen molar-refractivity contribution in [2.24, 2.45) is 5.92 Å². The zero-order valence-corrected chi connectivity index (χ0v) is 12.3. The molecule has 2 aliphatic rings. The number of nitrogens with one attached hydrogen (secondary N) is 2. The maximum Gasteiger partial charge on any atom is 0.337 e. The third-order valence-electron chi connectivity index (χ3n) is 3.56. The lowest BCUT2D eigenvalue weighted by molar-refractivity contribution is -0.141. The second-order valence-electron chi connectivity index (χ2n) is 5.09. The number of thiocarbonyl (C=S) groups is 1. The van der Waals surface area contributed by atoms with E-state index in [1.807, 2.05) is 0 Å². The highest BCUT2D eigenvalue weighted by molar-refractivity contribution is 7.80. The Kier molecular flexibility index (Phi) is 5.11. The molecule has 2 N–H and O–H groups in total. The average molecular weight is 298 g/mol. The summed E-state index contributed by atoms with van der Waals surface area (Å²) in [5.74, 6) is -0.110. The standard InChI is InChI=1S/C14H19FN2O2S/c1-9-12(11(7-15)17-14(20)16-9)13(18)19-8-10-5-3-2-4-6-10/h2-3,10-11H,4-8H2,1H3,(H2,16,17,20). The molecular formula is C14H19FN2O2S. The van der Waals surface area contributed by atoms with Gasteiger partial charge in [0, 0.05) is 5.70 Å². The fourth-order valence-electron chi connectivity index (χ4n) is 2.46. The molecule has 4 nitrogen and oxygen atoms in total.